The Balaban J connectivity index is -0.000000187. The van der Waals surface area contributed by atoms with Crippen LogP contribution in [0.3, 0.4) is 0 Å². The molecule has 4 N–H and O–H groups in total. The van der Waals surface area contributed by atoms with E-state index in [0.717, 1.165) is 0 Å². The van der Waals surface area contributed by atoms with Crippen LogP contribution in [-0.2, 0) is 9.59 Å². The number of carboxylic acids is 2. The van der Waals surface area contributed by atoms with E-state index in [-0.39, 0.29) is 5.48 Å². The summed E-state index contributed by atoms with van der Waals surface area (Å²) in [7, 11) is 0. The first-order chi connectivity index (χ1) is 6.56. The van der Waals surface area contributed by atoms with Gasteiger partial charge in [-0.3, -0.25) is 0 Å². The summed E-state index contributed by atoms with van der Waals surface area (Å²) < 4.78 is 0. The number of carboxylic acid groups (broad SMARTS) is 2. The second-order valence-corrected chi connectivity index (χ2v) is 3.02. The fourth-order valence-electron chi connectivity index (χ4n) is 0.854. The van der Waals surface area contributed by atoms with Crippen molar-refractivity contribution in [1.29, 1.82) is 0 Å². The molecule has 0 saturated carbocycles. The fraction of sp³-hybridized carbons (Fsp3) is 0.800. The Bertz CT molecular complexity index is 138. The Hall–Kier alpha value is -1.10. The van der Waals surface area contributed by atoms with Crippen LogP contribution in [0.25, 0.3) is 0 Å². The fourth-order valence-corrected chi connectivity index (χ4v) is 0.854. The lowest BCUT2D eigenvalue weighted by atomic mass is 10.1. The van der Waals surface area contributed by atoms with Crippen molar-refractivity contribution in [2.24, 2.45) is 0 Å². The Morgan fingerprint density at radius 3 is 1.20 bits per heavy atom. The molecule has 0 unspecified atom stereocenters. The molecule has 0 spiro atoms. The van der Waals surface area contributed by atoms with Crippen LogP contribution in [0.1, 0.15) is 52.4 Å². The summed E-state index contributed by atoms with van der Waals surface area (Å²) in [5.74, 6) is -3.65. The highest BCUT2D eigenvalue weighted by Crippen LogP contribution is 2.03. The molecule has 92 valence electrons. The van der Waals surface area contributed by atoms with Crippen molar-refractivity contribution in [2.45, 2.75) is 52.4 Å². The highest BCUT2D eigenvalue weighted by atomic mass is 16.4. The first-order valence-electron chi connectivity index (χ1n) is 5.02. The first-order valence-corrected chi connectivity index (χ1v) is 5.02. The van der Waals surface area contributed by atoms with Crippen LogP contribution in [0.15, 0.2) is 0 Å². The molecule has 0 aliphatic heterocycles. The van der Waals surface area contributed by atoms with Crippen LogP contribution in [0, 0.1) is 0 Å². The standard InChI is InChI=1S/C8H18.C2H2O4.H2O/c1-3-5-7-8-6-4-2;3-1(4)2(5)6;/h3-8H2,1-2H3;(H,3,4)(H,5,6);1H2. The number of rotatable bonds is 5. The largest absolute Gasteiger partial charge is 0.473 e. The van der Waals surface area contributed by atoms with Crippen LogP contribution in [0.5, 0.6) is 0 Å². The van der Waals surface area contributed by atoms with E-state index in [2.05, 4.69) is 13.8 Å². The van der Waals surface area contributed by atoms with E-state index in [1.807, 2.05) is 0 Å². The minimum atomic E-state index is -1.82. The van der Waals surface area contributed by atoms with E-state index in [9.17, 15) is 0 Å². The number of carbonyl (C=O) groups is 2. The molecular formula is C10H22O5. The lowest BCUT2D eigenvalue weighted by Crippen LogP contribution is -2.09. The zero-order valence-electron chi connectivity index (χ0n) is 9.45. The quantitative estimate of drug-likeness (QED) is 0.545. The second kappa shape index (κ2) is 15.4. The minimum Gasteiger partial charge on any atom is -0.473 e. The molecule has 0 aromatic heterocycles. The van der Waals surface area contributed by atoms with Crippen LogP contribution < -0.4 is 0 Å². The van der Waals surface area contributed by atoms with Gasteiger partial charge in [0.2, 0.25) is 0 Å². The zero-order valence-corrected chi connectivity index (χ0v) is 9.45. The van der Waals surface area contributed by atoms with E-state index in [1.54, 1.807) is 0 Å². The molecule has 0 bridgehead atoms. The SMILES string of the molecule is CCCCCCCC.O.O=C(O)C(=O)O. The molecule has 5 nitrogen and oxygen atoms in total. The normalized spacial score (nSPS) is 8.13. The summed E-state index contributed by atoms with van der Waals surface area (Å²) in [5, 5.41) is 14.8. The molecule has 0 fully saturated rings. The van der Waals surface area contributed by atoms with Gasteiger partial charge < -0.3 is 15.7 Å². The van der Waals surface area contributed by atoms with Crippen molar-refractivity contribution < 1.29 is 25.3 Å². The Kier molecular flexibility index (Phi) is 20.0. The molecule has 0 amide bonds. The Morgan fingerprint density at radius 2 is 1.07 bits per heavy atom. The maximum atomic E-state index is 9.10. The van der Waals surface area contributed by atoms with E-state index in [4.69, 9.17) is 19.8 Å². The molecule has 0 saturated heterocycles. The van der Waals surface area contributed by atoms with Gasteiger partial charge in [0.05, 0.1) is 0 Å². The van der Waals surface area contributed by atoms with Gasteiger partial charge in [-0.05, 0) is 0 Å². The molecule has 0 aromatic rings. The highest BCUT2D eigenvalue weighted by Gasteiger charge is 2.04. The van der Waals surface area contributed by atoms with Gasteiger partial charge in [0.25, 0.3) is 0 Å². The molecule has 0 aromatic carbocycles. The van der Waals surface area contributed by atoms with Crippen LogP contribution in [0.4, 0.5) is 0 Å². The second-order valence-electron chi connectivity index (χ2n) is 3.02. The number of unbranched alkanes of at least 4 members (excludes halogenated alkanes) is 5. The van der Waals surface area contributed by atoms with E-state index < -0.39 is 11.9 Å². The van der Waals surface area contributed by atoms with Crippen molar-refractivity contribution in [3.8, 4) is 0 Å². The Labute approximate surface area is 90.4 Å². The molecule has 0 heterocycles. The van der Waals surface area contributed by atoms with Crippen LogP contribution in [0.2, 0.25) is 0 Å². The molecule has 0 radical (unpaired) electrons. The smallest absolute Gasteiger partial charge is 0.414 e. The molecule has 0 aliphatic rings. The van der Waals surface area contributed by atoms with Gasteiger partial charge in [-0.25, -0.2) is 9.59 Å². The van der Waals surface area contributed by atoms with Crippen molar-refractivity contribution in [2.75, 3.05) is 0 Å². The maximum Gasteiger partial charge on any atom is 0.414 e. The van der Waals surface area contributed by atoms with Gasteiger partial charge in [0.15, 0.2) is 0 Å². The average Bonchev–Trinajstić information content (AvgIpc) is 2.13. The lowest BCUT2D eigenvalue weighted by Gasteiger charge is -1.93. The molecular weight excluding hydrogens is 200 g/mol. The number of hydrogen-bond donors (Lipinski definition) is 2. The third-order valence-corrected chi connectivity index (χ3v) is 1.64. The van der Waals surface area contributed by atoms with Gasteiger partial charge in [-0.15, -0.1) is 0 Å². The van der Waals surface area contributed by atoms with E-state index >= 15 is 0 Å². The van der Waals surface area contributed by atoms with Gasteiger partial charge in [0.1, 0.15) is 0 Å². The molecule has 0 aliphatic carbocycles. The monoisotopic (exact) mass is 222 g/mol. The predicted molar refractivity (Wildman–Crippen MR) is 57.9 cm³/mol. The summed E-state index contributed by atoms with van der Waals surface area (Å²) >= 11 is 0. The minimum absolute atomic E-state index is 0. The summed E-state index contributed by atoms with van der Waals surface area (Å²) in [6, 6.07) is 0. The molecule has 0 atom stereocenters. The van der Waals surface area contributed by atoms with Crippen molar-refractivity contribution in [3.63, 3.8) is 0 Å². The molecule has 0 rings (SSSR count). The number of aliphatic carboxylic acids is 2. The van der Waals surface area contributed by atoms with Crippen molar-refractivity contribution >= 4 is 11.9 Å². The van der Waals surface area contributed by atoms with Crippen molar-refractivity contribution in [3.05, 3.63) is 0 Å². The maximum absolute atomic E-state index is 9.10. The third-order valence-electron chi connectivity index (χ3n) is 1.64. The summed E-state index contributed by atoms with van der Waals surface area (Å²) in [4.78, 5) is 18.2. The Morgan fingerprint density at radius 1 is 0.800 bits per heavy atom. The van der Waals surface area contributed by atoms with Gasteiger partial charge in [-0.2, -0.15) is 0 Å². The van der Waals surface area contributed by atoms with E-state index in [0.29, 0.717) is 0 Å². The highest BCUT2D eigenvalue weighted by molar-refractivity contribution is 6.27. The number of hydrogen-bond acceptors (Lipinski definition) is 2. The van der Waals surface area contributed by atoms with Crippen molar-refractivity contribution in [1.82, 2.24) is 0 Å². The topological polar surface area (TPSA) is 106 Å². The zero-order chi connectivity index (χ0) is 11.4. The predicted octanol–water partition coefficient (Wildman–Crippen LogP) is 1.70. The van der Waals surface area contributed by atoms with Gasteiger partial charge in [0, 0.05) is 0 Å². The van der Waals surface area contributed by atoms with Crippen LogP contribution in [-0.4, -0.2) is 27.6 Å². The summed E-state index contributed by atoms with van der Waals surface area (Å²) in [6.45, 7) is 4.51. The van der Waals surface area contributed by atoms with Gasteiger partial charge >= 0.3 is 11.9 Å². The van der Waals surface area contributed by atoms with Gasteiger partial charge in [-0.1, -0.05) is 52.4 Å². The summed E-state index contributed by atoms with van der Waals surface area (Å²) in [6.07, 6.45) is 8.49. The molecule has 15 heavy (non-hydrogen) atoms. The van der Waals surface area contributed by atoms with E-state index in [1.165, 1.54) is 38.5 Å². The molecule has 5 heteroatoms. The third kappa shape index (κ3) is 24.6. The lowest BCUT2D eigenvalue weighted by molar-refractivity contribution is -0.159. The first kappa shape index (κ1) is 19.5. The average molecular weight is 222 g/mol. The van der Waals surface area contributed by atoms with Crippen LogP contribution >= 0.6 is 0 Å². The summed E-state index contributed by atoms with van der Waals surface area (Å²) in [5.41, 5.74) is 0.